The number of benzene rings is 8. The molecule has 10 aromatic rings. The van der Waals surface area contributed by atoms with Crippen LogP contribution in [0, 0.1) is 11.3 Å². The van der Waals surface area contributed by atoms with Crippen LogP contribution in [0.1, 0.15) is 5.56 Å². The lowest BCUT2D eigenvalue weighted by atomic mass is 9.92. The summed E-state index contributed by atoms with van der Waals surface area (Å²) < 4.78 is 2.29. The molecule has 0 aliphatic heterocycles. The third-order valence-corrected chi connectivity index (χ3v) is 9.98. The molecule has 0 saturated carbocycles. The summed E-state index contributed by atoms with van der Waals surface area (Å²) in [6, 6.07) is 60.3. The zero-order valence-corrected chi connectivity index (χ0v) is 26.4. The Kier molecular flexibility index (Phi) is 5.94. The van der Waals surface area contributed by atoms with Gasteiger partial charge in [0.1, 0.15) is 0 Å². The summed E-state index contributed by atoms with van der Waals surface area (Å²) in [6.07, 6.45) is 0. The first kappa shape index (κ1) is 27.4. The molecular weight excluding hydrogens is 595 g/mol. The molecule has 226 valence electrons. The highest BCUT2D eigenvalue weighted by atomic mass is 15.0. The second kappa shape index (κ2) is 10.6. The molecule has 2 heterocycles. The van der Waals surface area contributed by atoms with Crippen LogP contribution >= 0.6 is 0 Å². The van der Waals surface area contributed by atoms with Crippen molar-refractivity contribution in [3.8, 4) is 34.0 Å². The summed E-state index contributed by atoms with van der Waals surface area (Å²) in [4.78, 5) is 5.45. The van der Waals surface area contributed by atoms with Crippen molar-refractivity contribution in [1.29, 1.82) is 5.26 Å². The zero-order valence-electron chi connectivity index (χ0n) is 26.4. The van der Waals surface area contributed by atoms with Crippen LogP contribution in [0.15, 0.2) is 164 Å². The first-order valence-electron chi connectivity index (χ1n) is 16.5. The SMILES string of the molecule is N#Cc1ccc2c(c1)c1ccccc1n2-c1ccc(-c2ccc3ccc4c(-c5ccccc5)c5ccc6ccccc6c5nc4c3c2)cc1. The van der Waals surface area contributed by atoms with Crippen molar-refractivity contribution < 1.29 is 0 Å². The highest BCUT2D eigenvalue weighted by Gasteiger charge is 2.17. The van der Waals surface area contributed by atoms with Gasteiger partial charge in [0, 0.05) is 43.6 Å². The summed E-state index contributed by atoms with van der Waals surface area (Å²) >= 11 is 0. The van der Waals surface area contributed by atoms with E-state index in [-0.39, 0.29) is 0 Å². The number of rotatable bonds is 3. The van der Waals surface area contributed by atoms with E-state index in [0.29, 0.717) is 5.56 Å². The summed E-state index contributed by atoms with van der Waals surface area (Å²) in [5, 5.41) is 18.8. The van der Waals surface area contributed by atoms with Gasteiger partial charge in [0.25, 0.3) is 0 Å². The summed E-state index contributed by atoms with van der Waals surface area (Å²) in [6.45, 7) is 0. The molecule has 0 spiro atoms. The van der Waals surface area contributed by atoms with Gasteiger partial charge in [0.15, 0.2) is 0 Å². The van der Waals surface area contributed by atoms with Gasteiger partial charge in [-0.3, -0.25) is 0 Å². The van der Waals surface area contributed by atoms with E-state index in [1.54, 1.807) is 0 Å². The Morgan fingerprint density at radius 1 is 0.429 bits per heavy atom. The maximum absolute atomic E-state index is 9.55. The van der Waals surface area contributed by atoms with Crippen molar-refractivity contribution in [2.45, 2.75) is 0 Å². The predicted molar refractivity (Wildman–Crippen MR) is 204 cm³/mol. The Labute approximate surface area is 282 Å². The molecule has 49 heavy (non-hydrogen) atoms. The lowest BCUT2D eigenvalue weighted by Crippen LogP contribution is -1.94. The lowest BCUT2D eigenvalue weighted by Gasteiger charge is -2.15. The van der Waals surface area contributed by atoms with Crippen LogP contribution in [0.5, 0.6) is 0 Å². The van der Waals surface area contributed by atoms with Crippen LogP contribution in [0.4, 0.5) is 0 Å². The molecular formula is C46H27N3. The third-order valence-electron chi connectivity index (χ3n) is 9.98. The monoisotopic (exact) mass is 621 g/mol. The second-order valence-corrected chi connectivity index (χ2v) is 12.7. The smallest absolute Gasteiger partial charge is 0.0991 e. The van der Waals surface area contributed by atoms with Gasteiger partial charge >= 0.3 is 0 Å². The van der Waals surface area contributed by atoms with E-state index < -0.39 is 0 Å². The van der Waals surface area contributed by atoms with Crippen molar-refractivity contribution in [3.63, 3.8) is 0 Å². The topological polar surface area (TPSA) is 41.6 Å². The molecule has 0 unspecified atom stereocenters. The van der Waals surface area contributed by atoms with E-state index in [1.807, 2.05) is 12.1 Å². The number of hydrogen-bond donors (Lipinski definition) is 0. The summed E-state index contributed by atoms with van der Waals surface area (Å²) in [5.41, 5.74) is 10.7. The van der Waals surface area contributed by atoms with Gasteiger partial charge in [0.2, 0.25) is 0 Å². The Bertz CT molecular complexity index is 2980. The number of pyridine rings is 1. The van der Waals surface area contributed by atoms with Crippen molar-refractivity contribution in [2.24, 2.45) is 0 Å². The molecule has 10 rings (SSSR count). The Hall–Kier alpha value is -6.76. The number of para-hydroxylation sites is 1. The van der Waals surface area contributed by atoms with Crippen molar-refractivity contribution in [2.75, 3.05) is 0 Å². The van der Waals surface area contributed by atoms with Gasteiger partial charge in [-0.15, -0.1) is 0 Å². The van der Waals surface area contributed by atoms with Crippen LogP contribution in [-0.2, 0) is 0 Å². The van der Waals surface area contributed by atoms with Gasteiger partial charge in [0.05, 0.1) is 33.7 Å². The number of nitrogens with zero attached hydrogens (tertiary/aromatic N) is 3. The van der Waals surface area contributed by atoms with Crippen molar-refractivity contribution in [3.05, 3.63) is 169 Å². The van der Waals surface area contributed by atoms with E-state index in [0.717, 1.165) is 71.2 Å². The van der Waals surface area contributed by atoms with Crippen LogP contribution < -0.4 is 0 Å². The minimum atomic E-state index is 0.668. The van der Waals surface area contributed by atoms with Crippen molar-refractivity contribution >= 4 is 65.2 Å². The fraction of sp³-hybridized carbons (Fsp3) is 0. The molecule has 3 heteroatoms. The van der Waals surface area contributed by atoms with Crippen molar-refractivity contribution in [1.82, 2.24) is 9.55 Å². The average Bonchev–Trinajstić information content (AvgIpc) is 3.50. The van der Waals surface area contributed by atoms with Gasteiger partial charge in [-0.1, -0.05) is 121 Å². The maximum atomic E-state index is 9.55. The zero-order chi connectivity index (χ0) is 32.5. The number of fused-ring (bicyclic) bond motifs is 9. The molecule has 0 bridgehead atoms. The Balaban J connectivity index is 1.17. The largest absolute Gasteiger partial charge is 0.309 e. The lowest BCUT2D eigenvalue weighted by molar-refractivity contribution is 1.18. The maximum Gasteiger partial charge on any atom is 0.0991 e. The van der Waals surface area contributed by atoms with Crippen LogP contribution in [0.2, 0.25) is 0 Å². The van der Waals surface area contributed by atoms with Crippen LogP contribution in [0.25, 0.3) is 93.1 Å². The molecule has 0 amide bonds. The molecule has 0 fully saturated rings. The highest BCUT2D eigenvalue weighted by Crippen LogP contribution is 2.41. The minimum Gasteiger partial charge on any atom is -0.309 e. The molecule has 3 nitrogen and oxygen atoms in total. The second-order valence-electron chi connectivity index (χ2n) is 12.7. The van der Waals surface area contributed by atoms with Gasteiger partial charge in [-0.05, 0) is 69.9 Å². The van der Waals surface area contributed by atoms with E-state index in [1.165, 1.54) is 21.9 Å². The fourth-order valence-corrected chi connectivity index (χ4v) is 7.68. The van der Waals surface area contributed by atoms with Gasteiger partial charge in [-0.25, -0.2) is 4.98 Å². The summed E-state index contributed by atoms with van der Waals surface area (Å²) in [7, 11) is 0. The molecule has 0 radical (unpaired) electrons. The van der Waals surface area contributed by atoms with Gasteiger partial charge in [-0.2, -0.15) is 5.26 Å². The van der Waals surface area contributed by atoms with Gasteiger partial charge < -0.3 is 4.57 Å². The molecule has 0 aliphatic rings. The van der Waals surface area contributed by atoms with Crippen LogP contribution in [0.3, 0.4) is 0 Å². The third kappa shape index (κ3) is 4.18. The van der Waals surface area contributed by atoms with E-state index in [9.17, 15) is 5.26 Å². The molecule has 8 aromatic carbocycles. The molecule has 0 aliphatic carbocycles. The number of hydrogen-bond acceptors (Lipinski definition) is 2. The van der Waals surface area contributed by atoms with E-state index in [4.69, 9.17) is 4.98 Å². The predicted octanol–water partition coefficient (Wildman–Crippen LogP) is 12.0. The molecule has 0 saturated heterocycles. The van der Waals surface area contributed by atoms with Crippen LogP contribution in [-0.4, -0.2) is 9.55 Å². The normalized spacial score (nSPS) is 11.7. The fourth-order valence-electron chi connectivity index (χ4n) is 7.68. The summed E-state index contributed by atoms with van der Waals surface area (Å²) in [5.74, 6) is 0. The number of nitriles is 1. The first-order valence-corrected chi connectivity index (χ1v) is 16.5. The van der Waals surface area contributed by atoms with E-state index >= 15 is 0 Å². The average molecular weight is 622 g/mol. The quantitative estimate of drug-likeness (QED) is 0.145. The standard InChI is InChI=1S/C46H27N3/c47-28-29-14-25-43-41(26-29)37-12-6-7-13-42(37)49(43)35-21-17-30(18-22-35)34-16-15-32-20-24-39-44(33-9-2-1-3-10-33)38-23-19-31-8-4-5-11-36(31)45(38)48-46(39)40(32)27-34/h1-27H. The first-order chi connectivity index (χ1) is 24.2. The molecule has 0 atom stereocenters. The highest BCUT2D eigenvalue weighted by molar-refractivity contribution is 6.21. The number of aromatic nitrogens is 2. The Morgan fingerprint density at radius 2 is 1.06 bits per heavy atom. The van der Waals surface area contributed by atoms with E-state index in [2.05, 4.69) is 162 Å². The molecule has 0 N–H and O–H groups in total. The minimum absolute atomic E-state index is 0.668. The molecule has 2 aromatic heterocycles. The Morgan fingerprint density at radius 3 is 1.86 bits per heavy atom.